The van der Waals surface area contributed by atoms with Gasteiger partial charge in [0.2, 0.25) is 0 Å². The van der Waals surface area contributed by atoms with E-state index in [0.717, 1.165) is 31.6 Å². The monoisotopic (exact) mass is 220 g/mol. The Morgan fingerprint density at radius 2 is 1.62 bits per heavy atom. The highest BCUT2D eigenvalue weighted by atomic mass is 16.4. The fourth-order valence-corrected chi connectivity index (χ4v) is 1.72. The maximum Gasteiger partial charge on any atom is 0.0715 e. The minimum atomic E-state index is -1.12. The van der Waals surface area contributed by atoms with Crippen LogP contribution in [0.3, 0.4) is 0 Å². The molecule has 0 saturated carbocycles. The molecule has 0 atom stereocenters. The maximum atomic E-state index is 10.6. The Morgan fingerprint density at radius 1 is 1.12 bits per heavy atom. The zero-order valence-corrected chi connectivity index (χ0v) is 9.90. The Labute approximate surface area is 96.7 Å². The van der Waals surface area contributed by atoms with Gasteiger partial charge in [0.15, 0.2) is 0 Å². The van der Waals surface area contributed by atoms with Crippen molar-refractivity contribution in [3.8, 4) is 0 Å². The summed E-state index contributed by atoms with van der Waals surface area (Å²) in [4.78, 5) is 12.9. The molecule has 0 aliphatic rings. The predicted molar refractivity (Wildman–Crippen MR) is 63.6 cm³/mol. The van der Waals surface area contributed by atoms with Crippen LogP contribution in [0.2, 0.25) is 0 Å². The van der Waals surface area contributed by atoms with E-state index in [-0.39, 0.29) is 5.56 Å². The largest absolute Gasteiger partial charge is 0.545 e. The third-order valence-corrected chi connectivity index (χ3v) is 2.46. The van der Waals surface area contributed by atoms with Crippen LogP contribution in [-0.2, 0) is 0 Å². The first kappa shape index (κ1) is 12.6. The maximum absolute atomic E-state index is 10.6. The predicted octanol–water partition coefficient (Wildman–Crippen LogP) is 1.68. The highest BCUT2D eigenvalue weighted by Crippen LogP contribution is 2.15. The molecule has 0 spiro atoms. The third-order valence-electron chi connectivity index (χ3n) is 2.46. The first-order chi connectivity index (χ1) is 7.69. The molecule has 1 aromatic rings. The van der Waals surface area contributed by atoms with Gasteiger partial charge < -0.3 is 14.8 Å². The van der Waals surface area contributed by atoms with Gasteiger partial charge >= 0.3 is 0 Å². The van der Waals surface area contributed by atoms with Crippen LogP contribution in [0.4, 0.5) is 5.69 Å². The van der Waals surface area contributed by atoms with Crippen molar-refractivity contribution >= 4 is 11.7 Å². The van der Waals surface area contributed by atoms with Crippen LogP contribution in [0.25, 0.3) is 0 Å². The number of rotatable bonds is 6. The van der Waals surface area contributed by atoms with E-state index < -0.39 is 5.97 Å². The van der Waals surface area contributed by atoms with Gasteiger partial charge in [0.05, 0.1) is 5.97 Å². The SMILES string of the molecule is CCCN(CCC)c1ccc(C(=O)[O-])cc1. The van der Waals surface area contributed by atoms with Crippen molar-refractivity contribution in [1.29, 1.82) is 0 Å². The normalized spacial score (nSPS) is 10.1. The number of carbonyl (C=O) groups excluding carboxylic acids is 1. The lowest BCUT2D eigenvalue weighted by molar-refractivity contribution is -0.255. The molecule has 0 heterocycles. The lowest BCUT2D eigenvalue weighted by Gasteiger charge is -2.24. The Kier molecular flexibility index (Phi) is 4.83. The van der Waals surface area contributed by atoms with Gasteiger partial charge in [-0.25, -0.2) is 0 Å². The molecular weight excluding hydrogens is 202 g/mol. The summed E-state index contributed by atoms with van der Waals surface area (Å²) in [5.74, 6) is -1.12. The number of anilines is 1. The molecule has 88 valence electrons. The number of aromatic carboxylic acids is 1. The quantitative estimate of drug-likeness (QED) is 0.732. The summed E-state index contributed by atoms with van der Waals surface area (Å²) in [6.45, 7) is 6.27. The van der Waals surface area contributed by atoms with Crippen molar-refractivity contribution in [3.63, 3.8) is 0 Å². The van der Waals surface area contributed by atoms with Crippen LogP contribution in [0, 0.1) is 0 Å². The second-order valence-electron chi connectivity index (χ2n) is 3.82. The van der Waals surface area contributed by atoms with Gasteiger partial charge in [0.1, 0.15) is 0 Å². The summed E-state index contributed by atoms with van der Waals surface area (Å²) < 4.78 is 0. The fourth-order valence-electron chi connectivity index (χ4n) is 1.72. The van der Waals surface area contributed by atoms with Crippen LogP contribution < -0.4 is 10.0 Å². The molecule has 3 heteroatoms. The minimum absolute atomic E-state index is 0.233. The Bertz CT molecular complexity index is 326. The van der Waals surface area contributed by atoms with Crippen LogP contribution in [-0.4, -0.2) is 19.1 Å². The highest BCUT2D eigenvalue weighted by Gasteiger charge is 2.04. The number of benzene rings is 1. The molecule has 0 radical (unpaired) electrons. The first-order valence-corrected chi connectivity index (χ1v) is 5.75. The Morgan fingerprint density at radius 3 is 2.00 bits per heavy atom. The summed E-state index contributed by atoms with van der Waals surface area (Å²) in [5.41, 5.74) is 1.31. The molecule has 0 aliphatic carbocycles. The van der Waals surface area contributed by atoms with Crippen LogP contribution in [0.15, 0.2) is 24.3 Å². The van der Waals surface area contributed by atoms with Gasteiger partial charge in [-0.05, 0) is 30.5 Å². The minimum Gasteiger partial charge on any atom is -0.545 e. The van der Waals surface area contributed by atoms with Gasteiger partial charge in [0, 0.05) is 18.8 Å². The van der Waals surface area contributed by atoms with Crippen molar-refractivity contribution in [2.45, 2.75) is 26.7 Å². The smallest absolute Gasteiger partial charge is 0.0715 e. The average Bonchev–Trinajstić information content (AvgIpc) is 2.29. The number of hydrogen-bond acceptors (Lipinski definition) is 3. The van der Waals surface area contributed by atoms with Gasteiger partial charge in [-0.3, -0.25) is 0 Å². The van der Waals surface area contributed by atoms with Crippen LogP contribution >= 0.6 is 0 Å². The fraction of sp³-hybridized carbons (Fsp3) is 0.462. The zero-order chi connectivity index (χ0) is 12.0. The second-order valence-corrected chi connectivity index (χ2v) is 3.82. The summed E-state index contributed by atoms with van der Waals surface area (Å²) in [6, 6.07) is 6.89. The zero-order valence-electron chi connectivity index (χ0n) is 9.90. The molecule has 16 heavy (non-hydrogen) atoms. The molecule has 3 nitrogen and oxygen atoms in total. The van der Waals surface area contributed by atoms with Crippen LogP contribution in [0.1, 0.15) is 37.0 Å². The molecule has 1 aromatic carbocycles. The Hall–Kier alpha value is -1.51. The lowest BCUT2D eigenvalue weighted by Crippen LogP contribution is -2.25. The molecule has 0 aromatic heterocycles. The number of hydrogen-bond donors (Lipinski definition) is 0. The number of nitrogens with zero attached hydrogens (tertiary/aromatic N) is 1. The van der Waals surface area contributed by atoms with E-state index >= 15 is 0 Å². The van der Waals surface area contributed by atoms with Gasteiger partial charge in [-0.2, -0.15) is 0 Å². The number of carboxylic acids is 1. The van der Waals surface area contributed by atoms with Crippen molar-refractivity contribution < 1.29 is 9.90 Å². The van der Waals surface area contributed by atoms with Crippen molar-refractivity contribution in [2.24, 2.45) is 0 Å². The van der Waals surface area contributed by atoms with Crippen molar-refractivity contribution in [1.82, 2.24) is 0 Å². The van der Waals surface area contributed by atoms with E-state index in [9.17, 15) is 9.90 Å². The molecule has 0 fully saturated rings. The standard InChI is InChI=1S/C13H19NO2/c1-3-9-14(10-4-2)12-7-5-11(6-8-12)13(15)16/h5-8H,3-4,9-10H2,1-2H3,(H,15,16)/p-1. The summed E-state index contributed by atoms with van der Waals surface area (Å²) in [6.07, 6.45) is 2.17. The van der Waals surface area contributed by atoms with Gasteiger partial charge in [-0.15, -0.1) is 0 Å². The second kappa shape index (κ2) is 6.16. The summed E-state index contributed by atoms with van der Waals surface area (Å²) in [5, 5.41) is 10.6. The topological polar surface area (TPSA) is 43.4 Å². The molecule has 0 unspecified atom stereocenters. The van der Waals surface area contributed by atoms with E-state index in [4.69, 9.17) is 0 Å². The molecule has 0 aliphatic heterocycles. The number of carbonyl (C=O) groups is 1. The highest BCUT2D eigenvalue weighted by molar-refractivity contribution is 5.86. The molecule has 0 N–H and O–H groups in total. The van der Waals surface area contributed by atoms with Gasteiger partial charge in [0.25, 0.3) is 0 Å². The third kappa shape index (κ3) is 3.26. The van der Waals surface area contributed by atoms with E-state index in [2.05, 4.69) is 18.7 Å². The van der Waals surface area contributed by atoms with E-state index in [1.54, 1.807) is 12.1 Å². The first-order valence-electron chi connectivity index (χ1n) is 5.75. The van der Waals surface area contributed by atoms with Crippen molar-refractivity contribution in [2.75, 3.05) is 18.0 Å². The number of carboxylic acid groups (broad SMARTS) is 1. The molecule has 0 amide bonds. The molecule has 1 rings (SSSR count). The molecule has 0 bridgehead atoms. The Balaban J connectivity index is 2.80. The molecule has 0 saturated heterocycles. The van der Waals surface area contributed by atoms with Crippen LogP contribution in [0.5, 0.6) is 0 Å². The van der Waals surface area contributed by atoms with E-state index in [0.29, 0.717) is 0 Å². The molecular formula is C13H18NO2-. The lowest BCUT2D eigenvalue weighted by atomic mass is 10.2. The van der Waals surface area contributed by atoms with Gasteiger partial charge in [-0.1, -0.05) is 26.0 Å². The van der Waals surface area contributed by atoms with E-state index in [1.165, 1.54) is 0 Å². The summed E-state index contributed by atoms with van der Waals surface area (Å²) >= 11 is 0. The summed E-state index contributed by atoms with van der Waals surface area (Å²) in [7, 11) is 0. The average molecular weight is 220 g/mol. The van der Waals surface area contributed by atoms with E-state index in [1.807, 2.05) is 12.1 Å². The van der Waals surface area contributed by atoms with Crippen molar-refractivity contribution in [3.05, 3.63) is 29.8 Å².